The monoisotopic (exact) mass is 347 g/mol. The summed E-state index contributed by atoms with van der Waals surface area (Å²) < 4.78 is 0. The summed E-state index contributed by atoms with van der Waals surface area (Å²) >= 11 is 11.8. The molecule has 0 radical (unpaired) electrons. The number of piperazine rings is 1. The van der Waals surface area contributed by atoms with E-state index in [4.69, 9.17) is 23.2 Å². The maximum absolute atomic E-state index is 5.92. The van der Waals surface area contributed by atoms with Crippen LogP contribution in [0.25, 0.3) is 0 Å². The van der Waals surface area contributed by atoms with Crippen LogP contribution in [0.15, 0.2) is 53.6 Å². The van der Waals surface area contributed by atoms with Gasteiger partial charge in [0.1, 0.15) is 0 Å². The molecule has 0 aliphatic carbocycles. The average molecular weight is 348 g/mol. The number of hydrogen-bond acceptors (Lipinski definition) is 3. The number of rotatable bonds is 4. The van der Waals surface area contributed by atoms with Crippen LogP contribution < -0.4 is 0 Å². The fourth-order valence-electron chi connectivity index (χ4n) is 2.56. The van der Waals surface area contributed by atoms with Gasteiger partial charge in [0.05, 0.1) is 6.21 Å². The fraction of sp³-hybridized carbons (Fsp3) is 0.278. The largest absolute Gasteiger partial charge is 0.295 e. The molecule has 1 saturated heterocycles. The molecule has 0 unspecified atom stereocenters. The first kappa shape index (κ1) is 16.3. The summed E-state index contributed by atoms with van der Waals surface area (Å²) in [4.78, 5) is 2.44. The van der Waals surface area contributed by atoms with Gasteiger partial charge < -0.3 is 0 Å². The van der Waals surface area contributed by atoms with Gasteiger partial charge in [-0.25, -0.2) is 0 Å². The second kappa shape index (κ2) is 7.82. The molecular weight excluding hydrogens is 329 g/mol. The molecule has 1 aliphatic rings. The van der Waals surface area contributed by atoms with Gasteiger partial charge >= 0.3 is 0 Å². The van der Waals surface area contributed by atoms with E-state index < -0.39 is 0 Å². The van der Waals surface area contributed by atoms with Gasteiger partial charge in [0, 0.05) is 42.8 Å². The first-order valence-electron chi connectivity index (χ1n) is 7.70. The normalized spacial score (nSPS) is 16.2. The van der Waals surface area contributed by atoms with Crippen molar-refractivity contribution < 1.29 is 0 Å². The minimum Gasteiger partial charge on any atom is -0.295 e. The third-order valence-corrected chi connectivity index (χ3v) is 4.41. The van der Waals surface area contributed by atoms with Gasteiger partial charge in [-0.05, 0) is 35.4 Å². The lowest BCUT2D eigenvalue weighted by Gasteiger charge is -2.33. The molecule has 120 valence electrons. The lowest BCUT2D eigenvalue weighted by atomic mass is 10.2. The summed E-state index contributed by atoms with van der Waals surface area (Å²) in [6, 6.07) is 15.8. The number of halogens is 2. The molecule has 0 saturated carbocycles. The molecule has 3 rings (SSSR count). The summed E-state index contributed by atoms with van der Waals surface area (Å²) in [5, 5.41) is 8.21. The Hall–Kier alpha value is -1.55. The van der Waals surface area contributed by atoms with E-state index in [1.807, 2.05) is 42.6 Å². The van der Waals surface area contributed by atoms with E-state index in [2.05, 4.69) is 27.1 Å². The van der Waals surface area contributed by atoms with Gasteiger partial charge in [-0.15, -0.1) is 0 Å². The van der Waals surface area contributed by atoms with Crippen molar-refractivity contribution in [1.82, 2.24) is 9.91 Å². The number of hydrogen-bond donors (Lipinski definition) is 0. The Morgan fingerprint density at radius 3 is 2.00 bits per heavy atom. The Labute approximate surface area is 147 Å². The summed E-state index contributed by atoms with van der Waals surface area (Å²) in [6.45, 7) is 4.88. The molecule has 0 aromatic heterocycles. The van der Waals surface area contributed by atoms with Crippen LogP contribution in [0.1, 0.15) is 11.1 Å². The predicted octanol–water partition coefficient (Wildman–Crippen LogP) is 4.15. The molecule has 2 aromatic rings. The summed E-state index contributed by atoms with van der Waals surface area (Å²) in [7, 11) is 0. The van der Waals surface area contributed by atoms with Gasteiger partial charge in [-0.3, -0.25) is 9.91 Å². The second-order valence-electron chi connectivity index (χ2n) is 5.65. The van der Waals surface area contributed by atoms with Crippen LogP contribution in [-0.4, -0.2) is 42.3 Å². The minimum absolute atomic E-state index is 0.748. The Morgan fingerprint density at radius 1 is 0.826 bits per heavy atom. The molecule has 0 spiro atoms. The molecule has 1 heterocycles. The molecular formula is C18H19Cl2N3. The van der Waals surface area contributed by atoms with Crippen molar-refractivity contribution in [3.63, 3.8) is 0 Å². The van der Waals surface area contributed by atoms with Crippen molar-refractivity contribution in [2.75, 3.05) is 26.2 Å². The van der Waals surface area contributed by atoms with E-state index in [9.17, 15) is 0 Å². The van der Waals surface area contributed by atoms with Crippen LogP contribution in [0.4, 0.5) is 0 Å². The predicted molar refractivity (Wildman–Crippen MR) is 97.3 cm³/mol. The second-order valence-corrected chi connectivity index (χ2v) is 6.53. The topological polar surface area (TPSA) is 18.8 Å². The number of hydrazone groups is 1. The molecule has 0 amide bonds. The van der Waals surface area contributed by atoms with Crippen LogP contribution in [0, 0.1) is 0 Å². The Balaban J connectivity index is 1.48. The molecule has 1 aliphatic heterocycles. The molecule has 23 heavy (non-hydrogen) atoms. The summed E-state index contributed by atoms with van der Waals surface area (Å²) in [6.07, 6.45) is 1.89. The summed E-state index contributed by atoms with van der Waals surface area (Å²) in [5.74, 6) is 0. The lowest BCUT2D eigenvalue weighted by molar-refractivity contribution is 0.131. The van der Waals surface area contributed by atoms with Crippen molar-refractivity contribution in [2.45, 2.75) is 6.54 Å². The standard InChI is InChI=1S/C18H19Cl2N3/c19-17-5-1-15(2-6-17)13-21-23-11-9-22(10-12-23)14-16-3-7-18(20)8-4-16/h1-8,13H,9-12,14H2. The summed E-state index contributed by atoms with van der Waals surface area (Å²) in [5.41, 5.74) is 2.37. The van der Waals surface area contributed by atoms with Crippen LogP contribution in [-0.2, 0) is 6.54 Å². The zero-order valence-corrected chi connectivity index (χ0v) is 14.3. The Bertz CT molecular complexity index is 645. The smallest absolute Gasteiger partial charge is 0.0542 e. The van der Waals surface area contributed by atoms with Gasteiger partial charge in [0.15, 0.2) is 0 Å². The molecule has 0 N–H and O–H groups in total. The third-order valence-electron chi connectivity index (χ3n) is 3.91. The van der Waals surface area contributed by atoms with Gasteiger partial charge in [-0.1, -0.05) is 47.5 Å². The van der Waals surface area contributed by atoms with Gasteiger partial charge in [-0.2, -0.15) is 5.10 Å². The van der Waals surface area contributed by atoms with Crippen molar-refractivity contribution in [1.29, 1.82) is 0 Å². The maximum Gasteiger partial charge on any atom is 0.0542 e. The molecule has 0 atom stereocenters. The zero-order valence-electron chi connectivity index (χ0n) is 12.8. The molecule has 5 heteroatoms. The van der Waals surface area contributed by atoms with Crippen LogP contribution in [0.2, 0.25) is 10.0 Å². The van der Waals surface area contributed by atoms with Gasteiger partial charge in [0.25, 0.3) is 0 Å². The highest BCUT2D eigenvalue weighted by atomic mass is 35.5. The number of nitrogens with zero attached hydrogens (tertiary/aromatic N) is 3. The molecule has 3 nitrogen and oxygen atoms in total. The third kappa shape index (κ3) is 4.96. The fourth-order valence-corrected chi connectivity index (χ4v) is 2.81. The van der Waals surface area contributed by atoms with E-state index in [0.29, 0.717) is 0 Å². The lowest BCUT2D eigenvalue weighted by Crippen LogP contribution is -2.43. The quantitative estimate of drug-likeness (QED) is 0.773. The van der Waals surface area contributed by atoms with Crippen molar-refractivity contribution in [3.05, 3.63) is 69.7 Å². The zero-order chi connectivity index (χ0) is 16.1. The van der Waals surface area contributed by atoms with E-state index in [1.165, 1.54) is 5.56 Å². The van der Waals surface area contributed by atoms with Crippen molar-refractivity contribution in [2.24, 2.45) is 5.10 Å². The van der Waals surface area contributed by atoms with E-state index in [1.54, 1.807) is 0 Å². The first-order chi connectivity index (χ1) is 11.2. The SMILES string of the molecule is Clc1ccc(C=NN2CCN(Cc3ccc(Cl)cc3)CC2)cc1. The van der Waals surface area contributed by atoms with Crippen LogP contribution in [0.3, 0.4) is 0 Å². The average Bonchev–Trinajstić information content (AvgIpc) is 2.58. The highest BCUT2D eigenvalue weighted by Gasteiger charge is 2.15. The van der Waals surface area contributed by atoms with E-state index in [0.717, 1.165) is 48.3 Å². The van der Waals surface area contributed by atoms with Crippen LogP contribution >= 0.6 is 23.2 Å². The van der Waals surface area contributed by atoms with Crippen LogP contribution in [0.5, 0.6) is 0 Å². The number of benzene rings is 2. The highest BCUT2D eigenvalue weighted by Crippen LogP contribution is 2.13. The maximum atomic E-state index is 5.92. The van der Waals surface area contributed by atoms with Crippen molar-refractivity contribution in [3.8, 4) is 0 Å². The molecule has 2 aromatic carbocycles. The molecule has 0 bridgehead atoms. The Kier molecular flexibility index (Phi) is 5.55. The molecule has 1 fully saturated rings. The Morgan fingerprint density at radius 2 is 1.39 bits per heavy atom. The van der Waals surface area contributed by atoms with E-state index >= 15 is 0 Å². The highest BCUT2D eigenvalue weighted by molar-refractivity contribution is 6.30. The van der Waals surface area contributed by atoms with Gasteiger partial charge in [0.2, 0.25) is 0 Å². The first-order valence-corrected chi connectivity index (χ1v) is 8.46. The minimum atomic E-state index is 0.748. The van der Waals surface area contributed by atoms with Crippen molar-refractivity contribution >= 4 is 29.4 Å². The van der Waals surface area contributed by atoms with E-state index in [-0.39, 0.29) is 0 Å².